The van der Waals surface area contributed by atoms with E-state index < -0.39 is 23.4 Å². The van der Waals surface area contributed by atoms with Crippen molar-refractivity contribution in [1.82, 2.24) is 9.55 Å². The highest BCUT2D eigenvalue weighted by Gasteiger charge is 2.15. The van der Waals surface area contributed by atoms with Gasteiger partial charge in [-0.15, -0.1) is 11.3 Å². The lowest BCUT2D eigenvalue weighted by Gasteiger charge is -2.06. The normalized spacial score (nSPS) is 10.9. The lowest BCUT2D eigenvalue weighted by Crippen LogP contribution is -2.20. The van der Waals surface area contributed by atoms with E-state index >= 15 is 0 Å². The Hall–Kier alpha value is -3.79. The van der Waals surface area contributed by atoms with E-state index in [9.17, 15) is 19.7 Å². The fourth-order valence-corrected chi connectivity index (χ4v) is 3.60. The van der Waals surface area contributed by atoms with Gasteiger partial charge in [0.2, 0.25) is 0 Å². The van der Waals surface area contributed by atoms with Gasteiger partial charge in [0.1, 0.15) is 5.69 Å². The van der Waals surface area contributed by atoms with E-state index in [2.05, 4.69) is 10.3 Å². The summed E-state index contributed by atoms with van der Waals surface area (Å²) in [6.07, 6.45) is 4.56. The summed E-state index contributed by atoms with van der Waals surface area (Å²) < 4.78 is 6.90. The molecule has 0 saturated carbocycles. The predicted molar refractivity (Wildman–Crippen MR) is 113 cm³/mol. The van der Waals surface area contributed by atoms with Crippen LogP contribution < -0.4 is 5.32 Å². The van der Waals surface area contributed by atoms with E-state index in [4.69, 9.17) is 4.74 Å². The summed E-state index contributed by atoms with van der Waals surface area (Å²) in [5.41, 5.74) is 2.50. The number of nitro benzene ring substituents is 1. The number of amides is 1. The molecular weight excluding hydrogens is 408 g/mol. The third kappa shape index (κ3) is 4.78. The highest BCUT2D eigenvalue weighted by atomic mass is 32.1. The van der Waals surface area contributed by atoms with Crippen LogP contribution in [0.15, 0.2) is 48.0 Å². The number of carbonyl (C=O) groups excluding carboxylic acids is 2. The summed E-state index contributed by atoms with van der Waals surface area (Å²) in [7, 11) is 0. The number of hydrogen-bond acceptors (Lipinski definition) is 7. The van der Waals surface area contributed by atoms with Gasteiger partial charge >= 0.3 is 5.97 Å². The summed E-state index contributed by atoms with van der Waals surface area (Å²) in [5, 5.41) is 16.1. The Morgan fingerprint density at radius 3 is 2.80 bits per heavy atom. The molecule has 9 nitrogen and oxygen atoms in total. The molecule has 0 aliphatic heterocycles. The molecule has 154 valence electrons. The van der Waals surface area contributed by atoms with Crippen molar-refractivity contribution >= 4 is 40.7 Å². The number of nitrogens with zero attached hydrogens (tertiary/aromatic N) is 3. The SMILES string of the molecule is Cc1cc(/C=C/C(=O)OCC(=O)Nc2ccccc2[N+](=O)[O-])c(C)n1-c1nccs1. The van der Waals surface area contributed by atoms with Crippen LogP contribution in [-0.4, -0.2) is 33.0 Å². The van der Waals surface area contributed by atoms with Crippen molar-refractivity contribution in [2.45, 2.75) is 13.8 Å². The highest BCUT2D eigenvalue weighted by Crippen LogP contribution is 2.24. The standard InChI is InChI=1S/C20H18N4O5S/c1-13-11-15(14(2)23(13)20-21-9-10-30-20)7-8-19(26)29-12-18(25)22-16-5-3-4-6-17(16)24(27)28/h3-11H,12H2,1-2H3,(H,22,25)/b8-7+. The molecule has 0 spiro atoms. The van der Waals surface area contributed by atoms with Gasteiger partial charge in [0.05, 0.1) is 4.92 Å². The third-order valence-corrected chi connectivity index (χ3v) is 4.96. The number of anilines is 1. The Bertz CT molecular complexity index is 1120. The molecular formula is C20H18N4O5S. The first-order valence-corrected chi connectivity index (χ1v) is 9.71. The first-order chi connectivity index (χ1) is 14.4. The number of nitro groups is 1. The quantitative estimate of drug-likeness (QED) is 0.267. The van der Waals surface area contributed by atoms with E-state index in [1.54, 1.807) is 18.3 Å². The van der Waals surface area contributed by atoms with Crippen molar-refractivity contribution in [3.05, 3.63) is 75.1 Å². The Kier molecular flexibility index (Phi) is 6.38. The van der Waals surface area contributed by atoms with Crippen LogP contribution >= 0.6 is 11.3 Å². The molecule has 0 unspecified atom stereocenters. The molecule has 1 N–H and O–H groups in total. The molecule has 3 rings (SSSR count). The summed E-state index contributed by atoms with van der Waals surface area (Å²) in [4.78, 5) is 38.6. The van der Waals surface area contributed by atoms with Crippen LogP contribution in [0.1, 0.15) is 17.0 Å². The highest BCUT2D eigenvalue weighted by molar-refractivity contribution is 7.12. The molecule has 0 saturated heterocycles. The average Bonchev–Trinajstić information content (AvgIpc) is 3.32. The van der Waals surface area contributed by atoms with Gasteiger partial charge in [-0.05, 0) is 37.6 Å². The molecule has 0 fully saturated rings. The second kappa shape index (κ2) is 9.14. The van der Waals surface area contributed by atoms with Gasteiger partial charge in [0, 0.05) is 35.1 Å². The van der Waals surface area contributed by atoms with E-state index in [1.807, 2.05) is 29.9 Å². The number of nitrogens with one attached hydrogen (secondary N) is 1. The van der Waals surface area contributed by atoms with Gasteiger partial charge in [0.15, 0.2) is 11.7 Å². The maximum Gasteiger partial charge on any atom is 0.331 e. The largest absolute Gasteiger partial charge is 0.452 e. The fraction of sp³-hybridized carbons (Fsp3) is 0.150. The van der Waals surface area contributed by atoms with Crippen LogP contribution in [0.3, 0.4) is 0 Å². The van der Waals surface area contributed by atoms with Crippen LogP contribution in [0.25, 0.3) is 11.2 Å². The lowest BCUT2D eigenvalue weighted by molar-refractivity contribution is -0.383. The number of ether oxygens (including phenoxy) is 1. The number of hydrogen-bond donors (Lipinski definition) is 1. The number of esters is 1. The zero-order valence-corrected chi connectivity index (χ0v) is 17.0. The number of rotatable bonds is 7. The molecule has 0 aliphatic rings. The molecule has 0 radical (unpaired) electrons. The molecule has 3 aromatic rings. The van der Waals surface area contributed by atoms with Gasteiger partial charge in [-0.1, -0.05) is 12.1 Å². The molecule has 0 atom stereocenters. The third-order valence-electron chi connectivity index (χ3n) is 4.20. The number of benzene rings is 1. The molecule has 1 aromatic carbocycles. The predicted octanol–water partition coefficient (Wildman–Crippen LogP) is 3.65. The van der Waals surface area contributed by atoms with Crippen LogP contribution in [0.4, 0.5) is 11.4 Å². The maximum atomic E-state index is 12.0. The van der Waals surface area contributed by atoms with Gasteiger partial charge in [-0.2, -0.15) is 0 Å². The van der Waals surface area contributed by atoms with Crippen LogP contribution in [0.5, 0.6) is 0 Å². The van der Waals surface area contributed by atoms with Crippen LogP contribution in [0, 0.1) is 24.0 Å². The van der Waals surface area contributed by atoms with Crippen molar-refractivity contribution in [3.63, 3.8) is 0 Å². The smallest absolute Gasteiger partial charge is 0.331 e. The minimum atomic E-state index is -0.702. The molecule has 0 aliphatic carbocycles. The average molecular weight is 426 g/mol. The summed E-state index contributed by atoms with van der Waals surface area (Å²) >= 11 is 1.51. The zero-order valence-electron chi connectivity index (χ0n) is 16.2. The van der Waals surface area contributed by atoms with Gasteiger partial charge in [0.25, 0.3) is 11.6 Å². The molecule has 30 heavy (non-hydrogen) atoms. The van der Waals surface area contributed by atoms with Crippen LogP contribution in [0.2, 0.25) is 0 Å². The van der Waals surface area contributed by atoms with Crippen molar-refractivity contribution in [1.29, 1.82) is 0 Å². The van der Waals surface area contributed by atoms with Crippen molar-refractivity contribution in [3.8, 4) is 5.13 Å². The van der Waals surface area contributed by atoms with E-state index in [1.165, 1.54) is 35.6 Å². The van der Waals surface area contributed by atoms with E-state index in [0.29, 0.717) is 0 Å². The van der Waals surface area contributed by atoms with E-state index in [0.717, 1.165) is 22.1 Å². The molecule has 2 aromatic heterocycles. The van der Waals surface area contributed by atoms with Crippen LogP contribution in [-0.2, 0) is 14.3 Å². The van der Waals surface area contributed by atoms with Gasteiger partial charge in [-0.3, -0.25) is 19.5 Å². The minimum absolute atomic E-state index is 0.0358. The Morgan fingerprint density at radius 2 is 2.10 bits per heavy atom. The van der Waals surface area contributed by atoms with E-state index in [-0.39, 0.29) is 11.4 Å². The number of aromatic nitrogens is 2. The summed E-state index contributed by atoms with van der Waals surface area (Å²) in [6.45, 7) is 3.30. The monoisotopic (exact) mass is 426 g/mol. The van der Waals surface area contributed by atoms with Gasteiger partial charge < -0.3 is 10.1 Å². The fourth-order valence-electron chi connectivity index (χ4n) is 2.84. The zero-order chi connectivity index (χ0) is 21.7. The molecule has 10 heteroatoms. The summed E-state index contributed by atoms with van der Waals surface area (Å²) in [6, 6.07) is 7.63. The second-order valence-electron chi connectivity index (χ2n) is 6.24. The number of thiazole rings is 1. The van der Waals surface area contributed by atoms with Gasteiger partial charge in [-0.25, -0.2) is 9.78 Å². The molecule has 0 bridgehead atoms. The number of aryl methyl sites for hydroxylation is 1. The van der Waals surface area contributed by atoms with Crippen molar-refractivity contribution in [2.24, 2.45) is 0 Å². The second-order valence-corrected chi connectivity index (χ2v) is 7.11. The first-order valence-electron chi connectivity index (χ1n) is 8.83. The first kappa shape index (κ1) is 20.9. The maximum absolute atomic E-state index is 12.0. The van der Waals surface area contributed by atoms with Crippen molar-refractivity contribution in [2.75, 3.05) is 11.9 Å². The minimum Gasteiger partial charge on any atom is -0.452 e. The summed E-state index contributed by atoms with van der Waals surface area (Å²) in [5.74, 6) is -1.38. The van der Waals surface area contributed by atoms with Crippen molar-refractivity contribution < 1.29 is 19.2 Å². The Balaban J connectivity index is 1.59. The molecule has 1 amide bonds. The number of para-hydroxylation sites is 2. The Labute approximate surface area is 175 Å². The topological polar surface area (TPSA) is 116 Å². The lowest BCUT2D eigenvalue weighted by atomic mass is 10.2. The molecule has 2 heterocycles. The Morgan fingerprint density at radius 1 is 1.33 bits per heavy atom. The number of carbonyl (C=O) groups is 2.